The number of aromatic nitrogens is 1. The molecule has 1 unspecified atom stereocenters. The molecule has 20 heavy (non-hydrogen) atoms. The Morgan fingerprint density at radius 1 is 1.45 bits per heavy atom. The maximum Gasteiger partial charge on any atom is 0.242 e. The van der Waals surface area contributed by atoms with E-state index in [1.165, 1.54) is 0 Å². The molecule has 0 bridgehead atoms. The number of hydrogen-bond acceptors (Lipinski definition) is 5. The molecule has 0 saturated carbocycles. The Morgan fingerprint density at radius 3 is 2.65 bits per heavy atom. The number of anilines is 2. The van der Waals surface area contributed by atoms with Gasteiger partial charge in [0.25, 0.3) is 0 Å². The van der Waals surface area contributed by atoms with E-state index in [1.54, 1.807) is 19.1 Å². The molecular weight excluding hydrogens is 256 g/mol. The van der Waals surface area contributed by atoms with Crippen LogP contribution >= 0.6 is 0 Å². The number of nitrogens with two attached hydrogens (primary N) is 1. The van der Waals surface area contributed by atoms with Crippen molar-refractivity contribution in [1.82, 2.24) is 10.3 Å². The molecule has 112 valence electrons. The van der Waals surface area contributed by atoms with Crippen molar-refractivity contribution in [3.8, 4) is 5.88 Å². The van der Waals surface area contributed by atoms with Gasteiger partial charge in [0.15, 0.2) is 0 Å². The van der Waals surface area contributed by atoms with Gasteiger partial charge in [-0.15, -0.1) is 0 Å². The van der Waals surface area contributed by atoms with E-state index in [2.05, 4.69) is 15.6 Å². The molecule has 1 atom stereocenters. The lowest BCUT2D eigenvalue weighted by Crippen LogP contribution is -2.47. The fourth-order valence-corrected chi connectivity index (χ4v) is 1.55. The summed E-state index contributed by atoms with van der Waals surface area (Å²) in [5.41, 5.74) is 5.97. The minimum Gasteiger partial charge on any atom is -0.476 e. The van der Waals surface area contributed by atoms with Crippen molar-refractivity contribution in [1.29, 1.82) is 0 Å². The van der Waals surface area contributed by atoms with Crippen LogP contribution in [0, 0.1) is 0 Å². The molecule has 0 aromatic carbocycles. The highest BCUT2D eigenvalue weighted by atomic mass is 16.5. The van der Waals surface area contributed by atoms with Crippen LogP contribution in [-0.2, 0) is 4.79 Å². The molecule has 0 fully saturated rings. The fourth-order valence-electron chi connectivity index (χ4n) is 1.55. The minimum atomic E-state index is -0.403. The smallest absolute Gasteiger partial charge is 0.242 e. The Bertz CT molecular complexity index is 469. The van der Waals surface area contributed by atoms with Gasteiger partial charge in [0.1, 0.15) is 11.9 Å². The van der Waals surface area contributed by atoms with Gasteiger partial charge >= 0.3 is 0 Å². The highest BCUT2D eigenvalue weighted by Gasteiger charge is 2.19. The van der Waals surface area contributed by atoms with Crippen LogP contribution in [0.15, 0.2) is 12.1 Å². The molecule has 0 aliphatic heterocycles. The fraction of sp³-hybridized carbons (Fsp3) is 0.571. The second-order valence-electron chi connectivity index (χ2n) is 5.63. The largest absolute Gasteiger partial charge is 0.476 e. The summed E-state index contributed by atoms with van der Waals surface area (Å²) in [6.07, 6.45) is 0. The molecule has 1 aromatic rings. The van der Waals surface area contributed by atoms with E-state index in [0.29, 0.717) is 24.0 Å². The zero-order valence-electron chi connectivity index (χ0n) is 12.8. The lowest BCUT2D eigenvalue weighted by molar-refractivity contribution is -0.122. The van der Waals surface area contributed by atoms with Crippen LogP contribution in [0.25, 0.3) is 0 Å². The standard InChI is InChI=1S/C14H24N4O2/c1-6-20-13-10(15)7-8-11(17-13)16-9(2)12(19)18-14(3,4)5/h7-9H,6,15H2,1-5H3,(H,16,17)(H,18,19). The van der Waals surface area contributed by atoms with Crippen molar-refractivity contribution in [3.63, 3.8) is 0 Å². The normalized spacial score (nSPS) is 12.7. The third kappa shape index (κ3) is 4.95. The predicted molar refractivity (Wildman–Crippen MR) is 80.8 cm³/mol. The van der Waals surface area contributed by atoms with E-state index in [1.807, 2.05) is 27.7 Å². The van der Waals surface area contributed by atoms with Crippen LogP contribution < -0.4 is 21.1 Å². The molecule has 0 aliphatic carbocycles. The van der Waals surface area contributed by atoms with E-state index in [4.69, 9.17) is 10.5 Å². The number of rotatable bonds is 5. The van der Waals surface area contributed by atoms with Gasteiger partial charge in [0, 0.05) is 5.54 Å². The van der Waals surface area contributed by atoms with E-state index in [-0.39, 0.29) is 11.4 Å². The highest BCUT2D eigenvalue weighted by molar-refractivity contribution is 5.84. The van der Waals surface area contributed by atoms with Crippen molar-refractivity contribution < 1.29 is 9.53 Å². The first kappa shape index (κ1) is 16.1. The van der Waals surface area contributed by atoms with Crippen LogP contribution in [0.1, 0.15) is 34.6 Å². The molecule has 6 nitrogen and oxygen atoms in total. The van der Waals surface area contributed by atoms with Gasteiger partial charge in [-0.05, 0) is 46.8 Å². The molecule has 1 amide bonds. The van der Waals surface area contributed by atoms with E-state index >= 15 is 0 Å². The Balaban J connectivity index is 2.73. The molecule has 0 saturated heterocycles. The summed E-state index contributed by atoms with van der Waals surface area (Å²) in [5.74, 6) is 0.842. The lowest BCUT2D eigenvalue weighted by Gasteiger charge is -2.24. The molecular formula is C14H24N4O2. The van der Waals surface area contributed by atoms with Crippen molar-refractivity contribution in [2.45, 2.75) is 46.2 Å². The van der Waals surface area contributed by atoms with E-state index in [0.717, 1.165) is 0 Å². The number of amides is 1. The average Bonchev–Trinajstić information content (AvgIpc) is 2.31. The number of nitrogens with zero attached hydrogens (tertiary/aromatic N) is 1. The number of pyridine rings is 1. The van der Waals surface area contributed by atoms with Gasteiger partial charge in [-0.25, -0.2) is 0 Å². The van der Waals surface area contributed by atoms with Gasteiger partial charge in [0.2, 0.25) is 11.8 Å². The Hall–Kier alpha value is -1.98. The van der Waals surface area contributed by atoms with Crippen molar-refractivity contribution in [2.24, 2.45) is 0 Å². The summed E-state index contributed by atoms with van der Waals surface area (Å²) in [6, 6.07) is 3.02. The monoisotopic (exact) mass is 280 g/mol. The second-order valence-corrected chi connectivity index (χ2v) is 5.63. The van der Waals surface area contributed by atoms with Crippen molar-refractivity contribution in [3.05, 3.63) is 12.1 Å². The zero-order chi connectivity index (χ0) is 15.3. The maximum atomic E-state index is 12.0. The molecule has 4 N–H and O–H groups in total. The molecule has 0 spiro atoms. The number of ether oxygens (including phenoxy) is 1. The first-order valence-electron chi connectivity index (χ1n) is 6.71. The molecule has 0 radical (unpaired) electrons. The van der Waals surface area contributed by atoms with Gasteiger partial charge < -0.3 is 21.1 Å². The van der Waals surface area contributed by atoms with Gasteiger partial charge in [-0.2, -0.15) is 4.98 Å². The van der Waals surface area contributed by atoms with Crippen LogP contribution in [-0.4, -0.2) is 29.1 Å². The summed E-state index contributed by atoms with van der Waals surface area (Å²) in [6.45, 7) is 9.94. The van der Waals surface area contributed by atoms with Gasteiger partial charge in [-0.3, -0.25) is 4.79 Å². The SMILES string of the molecule is CCOc1nc(NC(C)C(=O)NC(C)(C)C)ccc1N. The van der Waals surface area contributed by atoms with Crippen LogP contribution in [0.5, 0.6) is 5.88 Å². The number of carbonyl (C=O) groups is 1. The maximum absolute atomic E-state index is 12.0. The Morgan fingerprint density at radius 2 is 2.10 bits per heavy atom. The summed E-state index contributed by atoms with van der Waals surface area (Å²) >= 11 is 0. The van der Waals surface area contributed by atoms with Gasteiger partial charge in [0.05, 0.1) is 12.3 Å². The number of carbonyl (C=O) groups excluding carboxylic acids is 1. The summed E-state index contributed by atoms with van der Waals surface area (Å²) in [4.78, 5) is 16.2. The zero-order valence-corrected chi connectivity index (χ0v) is 12.8. The molecule has 0 aliphatic rings. The van der Waals surface area contributed by atoms with Crippen LogP contribution in [0.2, 0.25) is 0 Å². The molecule has 1 aromatic heterocycles. The Kier molecular flexibility index (Phi) is 5.19. The third-order valence-electron chi connectivity index (χ3n) is 2.43. The second kappa shape index (κ2) is 6.45. The summed E-state index contributed by atoms with van der Waals surface area (Å²) < 4.78 is 5.32. The van der Waals surface area contributed by atoms with Crippen molar-refractivity contribution >= 4 is 17.4 Å². The summed E-state index contributed by atoms with van der Waals surface area (Å²) in [7, 11) is 0. The van der Waals surface area contributed by atoms with E-state index < -0.39 is 6.04 Å². The van der Waals surface area contributed by atoms with Crippen LogP contribution in [0.4, 0.5) is 11.5 Å². The van der Waals surface area contributed by atoms with Crippen LogP contribution in [0.3, 0.4) is 0 Å². The number of hydrogen-bond donors (Lipinski definition) is 3. The average molecular weight is 280 g/mol. The molecule has 1 rings (SSSR count). The topological polar surface area (TPSA) is 89.3 Å². The first-order valence-corrected chi connectivity index (χ1v) is 6.71. The third-order valence-corrected chi connectivity index (χ3v) is 2.43. The number of nitrogen functional groups attached to an aromatic ring is 1. The lowest BCUT2D eigenvalue weighted by atomic mass is 10.1. The van der Waals surface area contributed by atoms with E-state index in [9.17, 15) is 4.79 Å². The Labute approximate surface area is 120 Å². The molecule has 6 heteroatoms. The first-order chi connectivity index (χ1) is 9.23. The predicted octanol–water partition coefficient (Wildman–Crippen LogP) is 1.78. The highest BCUT2D eigenvalue weighted by Crippen LogP contribution is 2.21. The quantitative estimate of drug-likeness (QED) is 0.765. The van der Waals surface area contributed by atoms with Crippen molar-refractivity contribution in [2.75, 3.05) is 17.7 Å². The number of nitrogens with one attached hydrogen (secondary N) is 2. The van der Waals surface area contributed by atoms with Gasteiger partial charge in [-0.1, -0.05) is 0 Å². The minimum absolute atomic E-state index is 0.0888. The summed E-state index contributed by atoms with van der Waals surface area (Å²) in [5, 5.41) is 5.94. The molecule has 1 heterocycles.